The maximum Gasteiger partial charge on any atom is 0.282 e. The molecule has 1 aromatic carbocycles. The van der Waals surface area contributed by atoms with Crippen LogP contribution in [0.2, 0.25) is 0 Å². The molecule has 3 saturated heterocycles. The number of fused-ring (bicyclic) bond motifs is 2. The second-order valence-electron chi connectivity index (χ2n) is 8.55. The van der Waals surface area contributed by atoms with Crippen molar-refractivity contribution in [3.05, 3.63) is 35.9 Å². The van der Waals surface area contributed by atoms with Gasteiger partial charge in [0, 0.05) is 30.6 Å². The zero-order valence-corrected chi connectivity index (χ0v) is 16.4. The van der Waals surface area contributed by atoms with Gasteiger partial charge in [0.05, 0.1) is 6.61 Å². The zero-order chi connectivity index (χ0) is 18.4. The molecule has 0 saturated carbocycles. The van der Waals surface area contributed by atoms with Crippen LogP contribution in [0.1, 0.15) is 44.6 Å². The molecule has 4 rings (SSSR count). The van der Waals surface area contributed by atoms with Crippen molar-refractivity contribution in [2.45, 2.75) is 57.5 Å². The van der Waals surface area contributed by atoms with Gasteiger partial charge in [0.15, 0.2) is 0 Å². The number of hydrogen-bond donors (Lipinski definition) is 1. The second kappa shape index (κ2) is 6.89. The summed E-state index contributed by atoms with van der Waals surface area (Å²) < 4.78 is 30.2. The fourth-order valence-electron chi connectivity index (χ4n) is 5.35. The molecule has 3 aliphatic rings. The van der Waals surface area contributed by atoms with Gasteiger partial charge in [0.2, 0.25) is 0 Å². The van der Waals surface area contributed by atoms with E-state index >= 15 is 0 Å². The van der Waals surface area contributed by atoms with Crippen LogP contribution in [0.5, 0.6) is 0 Å². The Labute approximate surface area is 157 Å². The molecule has 144 valence electrons. The Hall–Kier alpha value is -0.950. The van der Waals surface area contributed by atoms with E-state index < -0.39 is 10.2 Å². The van der Waals surface area contributed by atoms with Gasteiger partial charge < -0.3 is 5.11 Å². The normalized spacial score (nSPS) is 33.8. The van der Waals surface area contributed by atoms with Crippen LogP contribution < -0.4 is 0 Å². The average molecular weight is 379 g/mol. The monoisotopic (exact) mass is 378 g/mol. The predicted molar refractivity (Wildman–Crippen MR) is 102 cm³/mol. The van der Waals surface area contributed by atoms with Crippen LogP contribution >= 0.6 is 0 Å². The quantitative estimate of drug-likeness (QED) is 0.856. The molecule has 2 bridgehead atoms. The van der Waals surface area contributed by atoms with E-state index in [9.17, 15) is 13.5 Å². The van der Waals surface area contributed by atoms with E-state index in [-0.39, 0.29) is 24.1 Å². The molecule has 0 aromatic heterocycles. The molecule has 0 unspecified atom stereocenters. The van der Waals surface area contributed by atoms with Crippen LogP contribution in [0, 0.1) is 11.3 Å². The van der Waals surface area contributed by atoms with Crippen molar-refractivity contribution in [2.24, 2.45) is 11.3 Å². The number of hydrogen-bond acceptors (Lipinski definition) is 3. The van der Waals surface area contributed by atoms with Crippen molar-refractivity contribution in [3.8, 4) is 0 Å². The molecule has 3 aliphatic heterocycles. The van der Waals surface area contributed by atoms with Gasteiger partial charge in [-0.15, -0.1) is 0 Å². The third-order valence-electron chi connectivity index (χ3n) is 6.84. The predicted octanol–water partition coefficient (Wildman–Crippen LogP) is 2.42. The summed E-state index contributed by atoms with van der Waals surface area (Å²) in [6.07, 6.45) is 5.18. The highest BCUT2D eigenvalue weighted by atomic mass is 32.2. The lowest BCUT2D eigenvalue weighted by Gasteiger charge is -2.38. The number of nitrogens with zero attached hydrogens (tertiary/aromatic N) is 2. The molecular formula is C20H30N2O3S. The Balaban J connectivity index is 1.59. The minimum atomic E-state index is -3.44. The third kappa shape index (κ3) is 3.01. The first-order valence-corrected chi connectivity index (χ1v) is 11.3. The SMILES string of the molecule is CC1CCN(S(=O)(=O)N2[C@H]3CC[C@@H]2[C@@](CO)(Cc2ccccc2)C3)CC1. The minimum absolute atomic E-state index is 0.0419. The second-order valence-corrected chi connectivity index (χ2v) is 10.4. The van der Waals surface area contributed by atoms with Crippen molar-refractivity contribution in [1.82, 2.24) is 8.61 Å². The van der Waals surface area contributed by atoms with E-state index in [1.165, 1.54) is 5.56 Å². The topological polar surface area (TPSA) is 60.9 Å². The van der Waals surface area contributed by atoms with E-state index in [0.717, 1.165) is 38.5 Å². The van der Waals surface area contributed by atoms with E-state index in [4.69, 9.17) is 0 Å². The summed E-state index contributed by atoms with van der Waals surface area (Å²) in [6, 6.07) is 10.1. The van der Waals surface area contributed by atoms with Crippen LogP contribution in [-0.2, 0) is 16.6 Å². The Morgan fingerprint density at radius 3 is 2.46 bits per heavy atom. The highest BCUT2D eigenvalue weighted by Crippen LogP contribution is 2.53. The number of rotatable bonds is 5. The fourth-order valence-corrected chi connectivity index (χ4v) is 7.50. The number of aliphatic hydroxyl groups excluding tert-OH is 1. The van der Waals surface area contributed by atoms with Crippen LogP contribution in [0.4, 0.5) is 0 Å². The van der Waals surface area contributed by atoms with Crippen molar-refractivity contribution in [3.63, 3.8) is 0 Å². The molecule has 6 heteroatoms. The van der Waals surface area contributed by atoms with Gasteiger partial charge in [-0.3, -0.25) is 0 Å². The standard InChI is InChI=1S/C20H30N2O3S/c1-16-9-11-21(12-10-16)26(24,25)22-18-7-8-19(22)20(14-18,15-23)13-17-5-3-2-4-6-17/h2-6,16,18-19,23H,7-15H2,1H3/t18-,19+,20-/m0/s1. The lowest BCUT2D eigenvalue weighted by Crippen LogP contribution is -2.51. The maximum atomic E-state index is 13.4. The van der Waals surface area contributed by atoms with Crippen LogP contribution in [0.3, 0.4) is 0 Å². The summed E-state index contributed by atoms with van der Waals surface area (Å²) >= 11 is 0. The van der Waals surface area contributed by atoms with Crippen molar-refractivity contribution < 1.29 is 13.5 Å². The molecule has 3 heterocycles. The molecule has 0 amide bonds. The zero-order valence-electron chi connectivity index (χ0n) is 15.5. The van der Waals surface area contributed by atoms with E-state index in [0.29, 0.717) is 19.0 Å². The highest BCUT2D eigenvalue weighted by molar-refractivity contribution is 7.86. The van der Waals surface area contributed by atoms with Gasteiger partial charge >= 0.3 is 0 Å². The Kier molecular flexibility index (Phi) is 4.88. The van der Waals surface area contributed by atoms with E-state index in [1.807, 2.05) is 18.2 Å². The average Bonchev–Trinajstić information content (AvgIpc) is 3.20. The first kappa shape index (κ1) is 18.4. The molecule has 3 fully saturated rings. The van der Waals surface area contributed by atoms with Crippen molar-refractivity contribution in [1.29, 1.82) is 0 Å². The number of benzene rings is 1. The Morgan fingerprint density at radius 2 is 1.81 bits per heavy atom. The van der Waals surface area contributed by atoms with Crippen molar-refractivity contribution in [2.75, 3.05) is 19.7 Å². The largest absolute Gasteiger partial charge is 0.396 e. The molecule has 3 atom stereocenters. The number of piperidine rings is 1. The molecule has 0 spiro atoms. The van der Waals surface area contributed by atoms with Crippen LogP contribution in [0.15, 0.2) is 30.3 Å². The van der Waals surface area contributed by atoms with Crippen LogP contribution in [-0.4, -0.2) is 53.9 Å². The van der Waals surface area contributed by atoms with Crippen molar-refractivity contribution >= 4 is 10.2 Å². The van der Waals surface area contributed by atoms with Crippen LogP contribution in [0.25, 0.3) is 0 Å². The van der Waals surface area contributed by atoms with Gasteiger partial charge in [-0.1, -0.05) is 37.3 Å². The van der Waals surface area contributed by atoms with E-state index in [1.54, 1.807) is 8.61 Å². The summed E-state index contributed by atoms with van der Waals surface area (Å²) in [5.74, 6) is 0.603. The van der Waals surface area contributed by atoms with E-state index in [2.05, 4.69) is 19.1 Å². The van der Waals surface area contributed by atoms with Gasteiger partial charge in [-0.25, -0.2) is 0 Å². The summed E-state index contributed by atoms with van der Waals surface area (Å²) in [7, 11) is -3.44. The van der Waals surface area contributed by atoms with Gasteiger partial charge in [0.25, 0.3) is 10.2 Å². The number of aliphatic hydroxyl groups is 1. The molecule has 0 radical (unpaired) electrons. The molecular weight excluding hydrogens is 348 g/mol. The lowest BCUT2D eigenvalue weighted by atomic mass is 9.70. The summed E-state index contributed by atoms with van der Waals surface area (Å²) in [6.45, 7) is 3.50. The summed E-state index contributed by atoms with van der Waals surface area (Å²) in [4.78, 5) is 0. The minimum Gasteiger partial charge on any atom is -0.396 e. The lowest BCUT2D eigenvalue weighted by molar-refractivity contribution is 0.0878. The van der Waals surface area contributed by atoms with Gasteiger partial charge in [-0.05, 0) is 50.0 Å². The first-order chi connectivity index (χ1) is 12.5. The summed E-state index contributed by atoms with van der Waals surface area (Å²) in [5, 5.41) is 10.3. The Morgan fingerprint density at radius 1 is 1.12 bits per heavy atom. The Bertz CT molecular complexity index is 731. The summed E-state index contributed by atoms with van der Waals surface area (Å²) in [5.41, 5.74) is 0.832. The highest BCUT2D eigenvalue weighted by Gasteiger charge is 2.60. The van der Waals surface area contributed by atoms with Gasteiger partial charge in [0.1, 0.15) is 0 Å². The maximum absolute atomic E-state index is 13.4. The molecule has 1 aromatic rings. The fraction of sp³-hybridized carbons (Fsp3) is 0.700. The molecule has 26 heavy (non-hydrogen) atoms. The van der Waals surface area contributed by atoms with Gasteiger partial charge in [-0.2, -0.15) is 17.0 Å². The molecule has 1 N–H and O–H groups in total. The molecule has 5 nitrogen and oxygen atoms in total. The smallest absolute Gasteiger partial charge is 0.282 e. The third-order valence-corrected chi connectivity index (χ3v) is 8.94. The molecule has 0 aliphatic carbocycles. The first-order valence-electron chi connectivity index (χ1n) is 9.90.